The first-order chi connectivity index (χ1) is 11.9. The molecule has 7 nitrogen and oxygen atoms in total. The van der Waals surface area contributed by atoms with Gasteiger partial charge in [0.2, 0.25) is 17.7 Å². The van der Waals surface area contributed by atoms with Crippen LogP contribution in [0.3, 0.4) is 0 Å². The molecule has 4 rings (SSSR count). The molecule has 3 heterocycles. The van der Waals surface area contributed by atoms with Crippen molar-refractivity contribution in [2.45, 2.75) is 18.5 Å². The van der Waals surface area contributed by atoms with Gasteiger partial charge in [-0.2, -0.15) is 0 Å². The van der Waals surface area contributed by atoms with Gasteiger partial charge >= 0.3 is 0 Å². The Morgan fingerprint density at radius 3 is 2.76 bits per heavy atom. The van der Waals surface area contributed by atoms with E-state index in [0.717, 1.165) is 0 Å². The van der Waals surface area contributed by atoms with Gasteiger partial charge in [-0.05, 0) is 25.1 Å². The lowest BCUT2D eigenvalue weighted by atomic mass is 9.76. The molecule has 0 aromatic heterocycles. The summed E-state index contributed by atoms with van der Waals surface area (Å²) in [5.74, 6) is -2.29. The van der Waals surface area contributed by atoms with Crippen LogP contribution in [0.2, 0.25) is 5.02 Å². The fourth-order valence-electron chi connectivity index (χ4n) is 4.40. The Hall–Kier alpha value is -1.96. The molecule has 0 saturated carbocycles. The lowest BCUT2D eigenvalue weighted by molar-refractivity contribution is -0.143. The van der Waals surface area contributed by atoms with E-state index in [1.807, 2.05) is 6.92 Å². The Morgan fingerprint density at radius 1 is 1.28 bits per heavy atom. The van der Waals surface area contributed by atoms with E-state index >= 15 is 0 Å². The minimum Gasteiger partial charge on any atom is -0.383 e. The summed E-state index contributed by atoms with van der Waals surface area (Å²) in [6.07, 6.45) is 0. The minimum atomic E-state index is -1.26. The van der Waals surface area contributed by atoms with E-state index < -0.39 is 17.4 Å². The van der Waals surface area contributed by atoms with Crippen LogP contribution in [0.25, 0.3) is 0 Å². The van der Waals surface area contributed by atoms with Crippen molar-refractivity contribution in [2.24, 2.45) is 11.8 Å². The maximum atomic E-state index is 13.0. The number of carbonyl (C=O) groups is 3. The molecule has 0 radical (unpaired) electrons. The second kappa shape index (κ2) is 5.52. The average Bonchev–Trinajstić information content (AvgIpc) is 3.12. The summed E-state index contributed by atoms with van der Waals surface area (Å²) in [5.41, 5.74) is -0.0248. The number of methoxy groups -OCH3 is 1. The van der Waals surface area contributed by atoms with Crippen LogP contribution in [0.1, 0.15) is 12.5 Å². The van der Waals surface area contributed by atoms with Crippen molar-refractivity contribution in [2.75, 3.05) is 25.6 Å². The quantitative estimate of drug-likeness (QED) is 0.773. The molecule has 3 aliphatic rings. The molecular formula is C17H18ClN3O4. The highest BCUT2D eigenvalue weighted by Crippen LogP contribution is 2.53. The van der Waals surface area contributed by atoms with Gasteiger partial charge in [-0.3, -0.25) is 24.6 Å². The SMILES string of the molecule is COCCN1C(=O)C2C(C)NC3(C(=O)Nc4ccc(Cl)cc43)C2C1=O. The molecule has 4 unspecified atom stereocenters. The zero-order chi connectivity index (χ0) is 17.9. The number of imide groups is 1. The van der Waals surface area contributed by atoms with Gasteiger partial charge < -0.3 is 10.1 Å². The van der Waals surface area contributed by atoms with E-state index in [4.69, 9.17) is 16.3 Å². The fraction of sp³-hybridized carbons (Fsp3) is 0.471. The van der Waals surface area contributed by atoms with Crippen molar-refractivity contribution < 1.29 is 19.1 Å². The van der Waals surface area contributed by atoms with Crippen LogP contribution >= 0.6 is 11.6 Å². The van der Waals surface area contributed by atoms with Gasteiger partial charge in [-0.15, -0.1) is 0 Å². The fourth-order valence-corrected chi connectivity index (χ4v) is 4.57. The number of benzene rings is 1. The maximum absolute atomic E-state index is 13.0. The van der Waals surface area contributed by atoms with Crippen molar-refractivity contribution in [3.63, 3.8) is 0 Å². The summed E-state index contributed by atoms with van der Waals surface area (Å²) in [6, 6.07) is 4.77. The third-order valence-corrected chi connectivity index (χ3v) is 5.67. The molecule has 4 atom stereocenters. The Kier molecular flexibility index (Phi) is 3.64. The second-order valence-corrected chi connectivity index (χ2v) is 7.15. The molecule has 0 bridgehead atoms. The third-order valence-electron chi connectivity index (χ3n) is 5.43. The Labute approximate surface area is 149 Å². The molecule has 8 heteroatoms. The number of halogens is 1. The summed E-state index contributed by atoms with van der Waals surface area (Å²) >= 11 is 6.13. The summed E-state index contributed by atoms with van der Waals surface area (Å²) < 4.78 is 5.00. The van der Waals surface area contributed by atoms with E-state index in [-0.39, 0.29) is 36.9 Å². The molecule has 3 aliphatic heterocycles. The molecule has 0 aliphatic carbocycles. The zero-order valence-electron chi connectivity index (χ0n) is 13.8. The molecule has 3 amide bonds. The normalized spacial score (nSPS) is 33.2. The summed E-state index contributed by atoms with van der Waals surface area (Å²) in [4.78, 5) is 40.0. The standard InChI is InChI=1S/C17H18ClN3O4/c1-8-12-13(15(23)21(14(12)22)5-6-25-2)17(20-8)10-7-9(18)3-4-11(10)19-16(17)24/h3-4,7-8,12-13,20H,5-6H2,1-2H3,(H,19,24). The predicted octanol–water partition coefficient (Wildman–Crippen LogP) is 0.727. The maximum Gasteiger partial charge on any atom is 0.250 e. The lowest BCUT2D eigenvalue weighted by Crippen LogP contribution is -2.53. The number of hydrogen-bond acceptors (Lipinski definition) is 5. The van der Waals surface area contributed by atoms with E-state index in [0.29, 0.717) is 16.3 Å². The number of anilines is 1. The molecule has 25 heavy (non-hydrogen) atoms. The number of likely N-dealkylation sites (tertiary alicyclic amines) is 1. The number of rotatable bonds is 3. The highest BCUT2D eigenvalue weighted by Gasteiger charge is 2.69. The van der Waals surface area contributed by atoms with Gasteiger partial charge in [0.1, 0.15) is 5.54 Å². The number of fused-ring (bicyclic) bond motifs is 4. The molecule has 2 N–H and O–H groups in total. The third kappa shape index (κ3) is 2.03. The molecule has 1 aromatic carbocycles. The number of ether oxygens (including phenoxy) is 1. The Balaban J connectivity index is 1.83. The highest BCUT2D eigenvalue weighted by atomic mass is 35.5. The van der Waals surface area contributed by atoms with Crippen LogP contribution in [0.4, 0.5) is 5.69 Å². The molecule has 132 valence electrons. The monoisotopic (exact) mass is 363 g/mol. The second-order valence-electron chi connectivity index (χ2n) is 6.71. The average molecular weight is 364 g/mol. The first-order valence-corrected chi connectivity index (χ1v) is 8.53. The number of nitrogens with one attached hydrogen (secondary N) is 2. The van der Waals surface area contributed by atoms with Gasteiger partial charge in [-0.1, -0.05) is 11.6 Å². The van der Waals surface area contributed by atoms with Crippen molar-refractivity contribution in [3.8, 4) is 0 Å². The number of nitrogens with zero attached hydrogens (tertiary/aromatic N) is 1. The van der Waals surface area contributed by atoms with Crippen molar-refractivity contribution in [1.29, 1.82) is 0 Å². The smallest absolute Gasteiger partial charge is 0.250 e. The number of amides is 3. The summed E-state index contributed by atoms with van der Waals surface area (Å²) in [6.45, 7) is 2.28. The van der Waals surface area contributed by atoms with Crippen LogP contribution < -0.4 is 10.6 Å². The zero-order valence-corrected chi connectivity index (χ0v) is 14.6. The molecule has 1 aromatic rings. The van der Waals surface area contributed by atoms with Gasteiger partial charge in [0.15, 0.2) is 0 Å². The first-order valence-electron chi connectivity index (χ1n) is 8.15. The van der Waals surface area contributed by atoms with Crippen molar-refractivity contribution >= 4 is 35.0 Å². The van der Waals surface area contributed by atoms with Crippen LogP contribution in [-0.2, 0) is 24.7 Å². The summed E-state index contributed by atoms with van der Waals surface area (Å²) in [7, 11) is 1.51. The highest BCUT2D eigenvalue weighted by molar-refractivity contribution is 6.31. The van der Waals surface area contributed by atoms with E-state index in [1.165, 1.54) is 12.0 Å². The molecule has 2 saturated heterocycles. The van der Waals surface area contributed by atoms with Crippen molar-refractivity contribution in [3.05, 3.63) is 28.8 Å². The van der Waals surface area contributed by atoms with Gasteiger partial charge in [-0.25, -0.2) is 0 Å². The van der Waals surface area contributed by atoms with Crippen LogP contribution in [0.5, 0.6) is 0 Å². The first kappa shape index (κ1) is 16.5. The topological polar surface area (TPSA) is 87.7 Å². The molecule has 1 spiro atoms. The van der Waals surface area contributed by atoms with E-state index in [9.17, 15) is 14.4 Å². The molecule has 2 fully saturated rings. The van der Waals surface area contributed by atoms with E-state index in [2.05, 4.69) is 10.6 Å². The Morgan fingerprint density at radius 2 is 2.04 bits per heavy atom. The number of hydrogen-bond donors (Lipinski definition) is 2. The van der Waals surface area contributed by atoms with Crippen molar-refractivity contribution in [1.82, 2.24) is 10.2 Å². The summed E-state index contributed by atoms with van der Waals surface area (Å²) in [5, 5.41) is 6.52. The minimum absolute atomic E-state index is 0.188. The van der Waals surface area contributed by atoms with E-state index in [1.54, 1.807) is 18.2 Å². The Bertz CT molecular complexity index is 798. The van der Waals surface area contributed by atoms with Crippen LogP contribution in [0.15, 0.2) is 18.2 Å². The lowest BCUT2D eigenvalue weighted by Gasteiger charge is -2.29. The van der Waals surface area contributed by atoms with Crippen LogP contribution in [0, 0.1) is 11.8 Å². The number of carbonyl (C=O) groups excluding carboxylic acids is 3. The van der Waals surface area contributed by atoms with Gasteiger partial charge in [0.05, 0.1) is 25.0 Å². The van der Waals surface area contributed by atoms with Crippen LogP contribution in [-0.4, -0.2) is 48.9 Å². The predicted molar refractivity (Wildman–Crippen MR) is 89.9 cm³/mol. The largest absolute Gasteiger partial charge is 0.383 e. The van der Waals surface area contributed by atoms with Gasteiger partial charge in [0.25, 0.3) is 0 Å². The van der Waals surface area contributed by atoms with Gasteiger partial charge in [0, 0.05) is 29.4 Å². The molecular weight excluding hydrogens is 346 g/mol.